The van der Waals surface area contributed by atoms with Gasteiger partial charge in [-0.25, -0.2) is 8.42 Å². The summed E-state index contributed by atoms with van der Waals surface area (Å²) in [4.78, 5) is 2.02. The molecule has 0 N–H and O–H groups in total. The predicted octanol–water partition coefficient (Wildman–Crippen LogP) is 1.76. The first kappa shape index (κ1) is 15.2. The van der Waals surface area contributed by atoms with Crippen molar-refractivity contribution in [1.82, 2.24) is 4.90 Å². The number of hydrogen-bond acceptors (Lipinski definition) is 3. The van der Waals surface area contributed by atoms with E-state index in [1.54, 1.807) is 0 Å². The van der Waals surface area contributed by atoms with E-state index in [4.69, 9.17) is 11.6 Å². The van der Waals surface area contributed by atoms with Crippen LogP contribution in [0, 0.1) is 0 Å². The molecule has 5 heteroatoms. The van der Waals surface area contributed by atoms with Gasteiger partial charge in [-0.1, -0.05) is 6.92 Å². The maximum Gasteiger partial charge on any atom is 0.151 e. The van der Waals surface area contributed by atoms with Crippen molar-refractivity contribution < 1.29 is 8.42 Å². The number of rotatable bonds is 8. The summed E-state index contributed by atoms with van der Waals surface area (Å²) in [7, 11) is -0.909. The van der Waals surface area contributed by atoms with Crippen molar-refractivity contribution in [3.8, 4) is 0 Å². The molecule has 0 aliphatic carbocycles. The zero-order chi connectivity index (χ0) is 11.9. The molecule has 0 aromatic carbocycles. The van der Waals surface area contributed by atoms with Crippen LogP contribution in [0.5, 0.6) is 0 Å². The second-order valence-electron chi connectivity index (χ2n) is 4.02. The molecule has 3 nitrogen and oxygen atoms in total. The van der Waals surface area contributed by atoms with Crippen LogP contribution >= 0.6 is 11.6 Å². The fraction of sp³-hybridized carbons (Fsp3) is 1.00. The third-order valence-electron chi connectivity index (χ3n) is 2.21. The SMILES string of the molecule is CCCS(=O)(=O)CCN(C)CCC(C)Cl. The molecule has 0 fully saturated rings. The fourth-order valence-electron chi connectivity index (χ4n) is 1.22. The van der Waals surface area contributed by atoms with E-state index in [0.29, 0.717) is 18.7 Å². The minimum absolute atomic E-state index is 0.152. The molecule has 15 heavy (non-hydrogen) atoms. The molecule has 0 aliphatic rings. The van der Waals surface area contributed by atoms with Gasteiger partial charge in [-0.15, -0.1) is 11.6 Å². The molecule has 1 unspecified atom stereocenters. The largest absolute Gasteiger partial charge is 0.305 e. The summed E-state index contributed by atoms with van der Waals surface area (Å²) in [5.41, 5.74) is 0. The Morgan fingerprint density at radius 2 is 1.87 bits per heavy atom. The third-order valence-corrected chi connectivity index (χ3v) is 4.26. The number of alkyl halides is 1. The van der Waals surface area contributed by atoms with E-state index in [0.717, 1.165) is 13.0 Å². The maximum atomic E-state index is 11.4. The van der Waals surface area contributed by atoms with E-state index in [2.05, 4.69) is 0 Å². The summed E-state index contributed by atoms with van der Waals surface area (Å²) < 4.78 is 22.8. The molecule has 0 saturated carbocycles. The first-order chi connectivity index (χ1) is 6.87. The summed E-state index contributed by atoms with van der Waals surface area (Å²) in [6, 6.07) is 0. The molecule has 0 aliphatic heterocycles. The molecule has 0 bridgehead atoms. The molecule has 0 spiro atoms. The molecule has 1 atom stereocenters. The third kappa shape index (κ3) is 9.15. The summed E-state index contributed by atoms with van der Waals surface area (Å²) in [6.45, 7) is 5.29. The van der Waals surface area contributed by atoms with E-state index in [-0.39, 0.29) is 11.1 Å². The van der Waals surface area contributed by atoms with Crippen LogP contribution in [0.15, 0.2) is 0 Å². The summed E-state index contributed by atoms with van der Waals surface area (Å²) >= 11 is 5.82. The zero-order valence-corrected chi connectivity index (χ0v) is 11.4. The maximum absolute atomic E-state index is 11.4. The molecule has 0 heterocycles. The Morgan fingerprint density at radius 1 is 1.27 bits per heavy atom. The lowest BCUT2D eigenvalue weighted by Gasteiger charge is -2.16. The first-order valence-electron chi connectivity index (χ1n) is 5.40. The average Bonchev–Trinajstić information content (AvgIpc) is 2.11. The van der Waals surface area contributed by atoms with Crippen LogP contribution in [0.1, 0.15) is 26.7 Å². The summed E-state index contributed by atoms with van der Waals surface area (Å²) in [6.07, 6.45) is 1.59. The minimum atomic E-state index is -2.84. The molecule has 92 valence electrons. The smallest absolute Gasteiger partial charge is 0.151 e. The van der Waals surface area contributed by atoms with Gasteiger partial charge in [0, 0.05) is 17.7 Å². The van der Waals surface area contributed by atoms with Crippen molar-refractivity contribution in [2.45, 2.75) is 32.1 Å². The van der Waals surface area contributed by atoms with E-state index in [1.807, 2.05) is 25.8 Å². The molecule has 0 radical (unpaired) electrons. The van der Waals surface area contributed by atoms with E-state index in [9.17, 15) is 8.42 Å². The average molecular weight is 256 g/mol. The number of halogens is 1. The van der Waals surface area contributed by atoms with Crippen LogP contribution in [0.4, 0.5) is 0 Å². The summed E-state index contributed by atoms with van der Waals surface area (Å²) in [5, 5.41) is 0.152. The number of nitrogens with zero attached hydrogens (tertiary/aromatic N) is 1. The quantitative estimate of drug-likeness (QED) is 0.621. The van der Waals surface area contributed by atoms with Gasteiger partial charge in [-0.3, -0.25) is 0 Å². The minimum Gasteiger partial charge on any atom is -0.305 e. The monoisotopic (exact) mass is 255 g/mol. The Morgan fingerprint density at radius 3 is 2.33 bits per heavy atom. The second kappa shape index (κ2) is 7.47. The van der Waals surface area contributed by atoms with Crippen molar-refractivity contribution in [1.29, 1.82) is 0 Å². The lowest BCUT2D eigenvalue weighted by molar-refractivity contribution is 0.347. The van der Waals surface area contributed by atoms with Gasteiger partial charge in [0.15, 0.2) is 9.84 Å². The molecular weight excluding hydrogens is 234 g/mol. The van der Waals surface area contributed by atoms with Gasteiger partial charge in [0.25, 0.3) is 0 Å². The predicted molar refractivity (Wildman–Crippen MR) is 66.4 cm³/mol. The second-order valence-corrected chi connectivity index (χ2v) is 7.07. The zero-order valence-electron chi connectivity index (χ0n) is 9.87. The Labute approximate surface area is 98.7 Å². The fourth-order valence-corrected chi connectivity index (χ4v) is 2.73. The van der Waals surface area contributed by atoms with Gasteiger partial charge in [-0.2, -0.15) is 0 Å². The van der Waals surface area contributed by atoms with Crippen molar-refractivity contribution in [3.05, 3.63) is 0 Å². The molecular formula is C10H22ClNO2S. The van der Waals surface area contributed by atoms with Crippen molar-refractivity contribution in [3.63, 3.8) is 0 Å². The molecule has 0 amide bonds. The van der Waals surface area contributed by atoms with Gasteiger partial charge in [0.1, 0.15) is 0 Å². The Kier molecular flexibility index (Phi) is 7.57. The normalized spacial score (nSPS) is 14.5. The van der Waals surface area contributed by atoms with Crippen LogP contribution in [-0.4, -0.2) is 50.3 Å². The van der Waals surface area contributed by atoms with Gasteiger partial charge in [0.2, 0.25) is 0 Å². The van der Waals surface area contributed by atoms with Crippen LogP contribution in [0.25, 0.3) is 0 Å². The Balaban J connectivity index is 3.75. The van der Waals surface area contributed by atoms with Gasteiger partial charge in [-0.05, 0) is 33.4 Å². The van der Waals surface area contributed by atoms with Crippen LogP contribution in [0.2, 0.25) is 0 Å². The first-order valence-corrected chi connectivity index (χ1v) is 7.66. The topological polar surface area (TPSA) is 37.4 Å². The molecule has 0 aromatic heterocycles. The highest BCUT2D eigenvalue weighted by Gasteiger charge is 2.10. The highest BCUT2D eigenvalue weighted by molar-refractivity contribution is 7.91. The molecule has 0 aromatic rings. The van der Waals surface area contributed by atoms with Gasteiger partial charge >= 0.3 is 0 Å². The van der Waals surface area contributed by atoms with E-state index >= 15 is 0 Å². The van der Waals surface area contributed by atoms with Gasteiger partial charge < -0.3 is 4.90 Å². The van der Waals surface area contributed by atoms with Gasteiger partial charge in [0.05, 0.1) is 5.75 Å². The Bertz CT molecular complexity index is 252. The lowest BCUT2D eigenvalue weighted by atomic mass is 10.3. The van der Waals surface area contributed by atoms with Crippen molar-refractivity contribution >= 4 is 21.4 Å². The highest BCUT2D eigenvalue weighted by atomic mass is 35.5. The Hall–Kier alpha value is 0.200. The number of sulfone groups is 1. The van der Waals surface area contributed by atoms with E-state index in [1.165, 1.54) is 0 Å². The lowest BCUT2D eigenvalue weighted by Crippen LogP contribution is -2.28. The van der Waals surface area contributed by atoms with Crippen molar-refractivity contribution in [2.24, 2.45) is 0 Å². The molecule has 0 saturated heterocycles. The van der Waals surface area contributed by atoms with Crippen LogP contribution in [-0.2, 0) is 9.84 Å². The van der Waals surface area contributed by atoms with E-state index < -0.39 is 9.84 Å². The standard InChI is InChI=1S/C10H22ClNO2S/c1-4-8-15(13,14)9-7-12(3)6-5-10(2)11/h10H,4-9H2,1-3H3. The molecule has 0 rings (SSSR count). The van der Waals surface area contributed by atoms with Crippen molar-refractivity contribution in [2.75, 3.05) is 31.6 Å². The van der Waals surface area contributed by atoms with Crippen LogP contribution < -0.4 is 0 Å². The van der Waals surface area contributed by atoms with Crippen LogP contribution in [0.3, 0.4) is 0 Å². The summed E-state index contributed by atoms with van der Waals surface area (Å²) in [5.74, 6) is 0.556. The number of hydrogen-bond donors (Lipinski definition) is 0. The highest BCUT2D eigenvalue weighted by Crippen LogP contribution is 2.02.